The molecular weight excluding hydrogens is 292 g/mol. The van der Waals surface area contributed by atoms with Gasteiger partial charge in [0, 0.05) is 18.1 Å². The minimum Gasteiger partial charge on any atom is -0.456 e. The number of cyclic esters (lactones) is 1. The number of rotatable bonds is 4. The van der Waals surface area contributed by atoms with Gasteiger partial charge in [0.15, 0.2) is 0 Å². The molecule has 0 radical (unpaired) electrons. The van der Waals surface area contributed by atoms with E-state index in [9.17, 15) is 9.59 Å². The molecule has 3 aliphatic rings. The van der Waals surface area contributed by atoms with Crippen LogP contribution < -0.4 is 5.32 Å². The molecule has 0 saturated carbocycles. The van der Waals surface area contributed by atoms with Crippen LogP contribution in [0.4, 0.5) is 0 Å². The van der Waals surface area contributed by atoms with Gasteiger partial charge in [0.1, 0.15) is 6.61 Å². The fourth-order valence-corrected chi connectivity index (χ4v) is 4.57. The lowest BCUT2D eigenvalue weighted by molar-refractivity contribution is -0.138. The van der Waals surface area contributed by atoms with Crippen LogP contribution in [0.5, 0.6) is 0 Å². The van der Waals surface area contributed by atoms with Crippen molar-refractivity contribution in [3.63, 3.8) is 0 Å². The highest BCUT2D eigenvalue weighted by molar-refractivity contribution is 5.94. The van der Waals surface area contributed by atoms with Crippen LogP contribution in [0, 0.1) is 5.41 Å². The van der Waals surface area contributed by atoms with Gasteiger partial charge in [-0.3, -0.25) is 4.79 Å². The zero-order chi connectivity index (χ0) is 16.8. The smallest absolute Gasteiger partial charge is 0.336 e. The molecule has 128 valence electrons. The number of likely N-dealkylation sites (tertiary alicyclic amines) is 1. The zero-order valence-corrected chi connectivity index (χ0v) is 14.6. The Labute approximate surface area is 138 Å². The molecule has 1 N–H and O–H groups in total. The van der Waals surface area contributed by atoms with Crippen molar-refractivity contribution in [2.75, 3.05) is 6.61 Å². The number of hydrogen-bond acceptors (Lipinski definition) is 4. The molecule has 5 heteroatoms. The lowest BCUT2D eigenvalue weighted by Crippen LogP contribution is -2.40. The highest BCUT2D eigenvalue weighted by Gasteiger charge is 2.52. The van der Waals surface area contributed by atoms with E-state index in [2.05, 4.69) is 26.1 Å². The number of ether oxygens (including phenoxy) is 1. The van der Waals surface area contributed by atoms with E-state index in [1.54, 1.807) is 6.92 Å². The van der Waals surface area contributed by atoms with Gasteiger partial charge in [0.05, 0.1) is 16.7 Å². The van der Waals surface area contributed by atoms with E-state index in [1.165, 1.54) is 6.42 Å². The molecule has 23 heavy (non-hydrogen) atoms. The Hall–Kier alpha value is -1.36. The first-order valence-corrected chi connectivity index (χ1v) is 8.84. The second-order valence-corrected chi connectivity index (χ2v) is 7.56. The second-order valence-electron chi connectivity index (χ2n) is 7.56. The molecule has 0 bridgehead atoms. The predicted molar refractivity (Wildman–Crippen MR) is 87.5 cm³/mol. The van der Waals surface area contributed by atoms with Crippen molar-refractivity contribution in [2.45, 2.75) is 77.9 Å². The molecular formula is C18H28N2O3. The van der Waals surface area contributed by atoms with Gasteiger partial charge in [-0.15, -0.1) is 0 Å². The highest BCUT2D eigenvalue weighted by Crippen LogP contribution is 2.46. The first kappa shape index (κ1) is 16.5. The third-order valence-corrected chi connectivity index (χ3v) is 5.95. The Bertz CT molecular complexity index is 556. The second kappa shape index (κ2) is 5.93. The van der Waals surface area contributed by atoms with Crippen molar-refractivity contribution in [3.05, 3.63) is 11.3 Å². The Kier molecular flexibility index (Phi) is 4.25. The molecule has 1 amide bonds. The van der Waals surface area contributed by atoms with Gasteiger partial charge in [-0.25, -0.2) is 4.79 Å². The summed E-state index contributed by atoms with van der Waals surface area (Å²) in [6.45, 7) is 8.41. The van der Waals surface area contributed by atoms with Gasteiger partial charge in [0.25, 0.3) is 0 Å². The van der Waals surface area contributed by atoms with Gasteiger partial charge in [-0.05, 0) is 52.9 Å². The van der Waals surface area contributed by atoms with Crippen LogP contribution in [-0.2, 0) is 14.3 Å². The third kappa shape index (κ3) is 2.69. The maximum absolute atomic E-state index is 13.3. The normalized spacial score (nSPS) is 37.9. The molecule has 4 unspecified atom stereocenters. The average molecular weight is 320 g/mol. The van der Waals surface area contributed by atoms with Gasteiger partial charge in [0.2, 0.25) is 5.91 Å². The summed E-state index contributed by atoms with van der Waals surface area (Å²) in [5.74, 6) is -0.109. The summed E-state index contributed by atoms with van der Waals surface area (Å²) in [5.41, 5.74) is 1.06. The molecule has 4 atom stereocenters. The van der Waals surface area contributed by atoms with Crippen molar-refractivity contribution in [2.24, 2.45) is 5.41 Å². The average Bonchev–Trinajstić information content (AvgIpc) is 3.13. The van der Waals surface area contributed by atoms with E-state index in [0.717, 1.165) is 31.4 Å². The molecule has 3 rings (SSSR count). The summed E-state index contributed by atoms with van der Waals surface area (Å²) in [6, 6.07) is 1.10. The molecule has 0 aromatic heterocycles. The SMILES string of the molecule is CCC1(CC2CCC(C)N2)CC(C)N(C2=C(C)C(=O)OC2)C1=O. The van der Waals surface area contributed by atoms with E-state index >= 15 is 0 Å². The molecule has 2 fully saturated rings. The number of nitrogens with one attached hydrogen (secondary N) is 1. The monoisotopic (exact) mass is 320 g/mol. The molecule has 3 aliphatic heterocycles. The van der Waals surface area contributed by atoms with Crippen LogP contribution in [0.2, 0.25) is 0 Å². The first-order valence-electron chi connectivity index (χ1n) is 8.84. The number of amides is 1. The topological polar surface area (TPSA) is 58.6 Å². The number of hydrogen-bond donors (Lipinski definition) is 1. The van der Waals surface area contributed by atoms with E-state index < -0.39 is 0 Å². The standard InChI is InChI=1S/C18H28N2O3/c1-5-18(9-14-7-6-11(2)19-14)8-12(3)20(17(18)22)15-10-23-16(21)13(15)4/h11-12,14,19H,5-10H2,1-4H3. The summed E-state index contributed by atoms with van der Waals surface area (Å²) in [4.78, 5) is 26.8. The third-order valence-electron chi connectivity index (χ3n) is 5.95. The van der Waals surface area contributed by atoms with Crippen molar-refractivity contribution in [1.82, 2.24) is 10.2 Å². The Balaban J connectivity index is 1.83. The minimum atomic E-state index is -0.305. The number of carbonyl (C=O) groups excluding carboxylic acids is 2. The number of esters is 1. The maximum atomic E-state index is 13.3. The summed E-state index contributed by atoms with van der Waals surface area (Å²) >= 11 is 0. The van der Waals surface area contributed by atoms with Crippen LogP contribution in [0.25, 0.3) is 0 Å². The lowest BCUT2D eigenvalue weighted by Gasteiger charge is -2.30. The quantitative estimate of drug-likeness (QED) is 0.808. The number of carbonyl (C=O) groups is 2. The van der Waals surface area contributed by atoms with Gasteiger partial charge >= 0.3 is 5.97 Å². The summed E-state index contributed by atoms with van der Waals surface area (Å²) in [7, 11) is 0. The van der Waals surface area contributed by atoms with E-state index in [4.69, 9.17) is 4.74 Å². The first-order chi connectivity index (χ1) is 10.9. The zero-order valence-electron chi connectivity index (χ0n) is 14.6. The predicted octanol–water partition coefficient (Wildman–Crippen LogP) is 2.37. The molecule has 5 nitrogen and oxygen atoms in total. The van der Waals surface area contributed by atoms with Crippen LogP contribution in [0.1, 0.15) is 59.8 Å². The summed E-state index contributed by atoms with van der Waals surface area (Å²) in [5, 5.41) is 3.61. The molecule has 0 aliphatic carbocycles. The fourth-order valence-electron chi connectivity index (χ4n) is 4.57. The van der Waals surface area contributed by atoms with Crippen LogP contribution in [0.15, 0.2) is 11.3 Å². The van der Waals surface area contributed by atoms with E-state index in [1.807, 2.05) is 4.90 Å². The van der Waals surface area contributed by atoms with E-state index in [0.29, 0.717) is 17.7 Å². The molecule has 0 spiro atoms. The Morgan fingerprint density at radius 2 is 2.04 bits per heavy atom. The summed E-state index contributed by atoms with van der Waals surface area (Å²) in [6.07, 6.45) is 4.94. The van der Waals surface area contributed by atoms with Crippen LogP contribution in [0.3, 0.4) is 0 Å². The Morgan fingerprint density at radius 3 is 2.57 bits per heavy atom. The van der Waals surface area contributed by atoms with Gasteiger partial charge in [-0.2, -0.15) is 0 Å². The molecule has 0 aromatic rings. The molecule has 0 aromatic carbocycles. The summed E-state index contributed by atoms with van der Waals surface area (Å²) < 4.78 is 5.12. The van der Waals surface area contributed by atoms with Crippen molar-refractivity contribution < 1.29 is 14.3 Å². The van der Waals surface area contributed by atoms with Gasteiger partial charge in [-0.1, -0.05) is 6.92 Å². The van der Waals surface area contributed by atoms with Crippen molar-refractivity contribution >= 4 is 11.9 Å². The molecule has 3 heterocycles. The van der Waals surface area contributed by atoms with Crippen molar-refractivity contribution in [3.8, 4) is 0 Å². The van der Waals surface area contributed by atoms with Crippen LogP contribution >= 0.6 is 0 Å². The maximum Gasteiger partial charge on any atom is 0.336 e. The van der Waals surface area contributed by atoms with Gasteiger partial charge < -0.3 is 15.0 Å². The van der Waals surface area contributed by atoms with Crippen LogP contribution in [-0.4, -0.2) is 41.5 Å². The van der Waals surface area contributed by atoms with Crippen molar-refractivity contribution in [1.29, 1.82) is 0 Å². The highest BCUT2D eigenvalue weighted by atomic mass is 16.5. The largest absolute Gasteiger partial charge is 0.456 e. The fraction of sp³-hybridized carbons (Fsp3) is 0.778. The minimum absolute atomic E-state index is 0.126. The Morgan fingerprint density at radius 1 is 1.30 bits per heavy atom. The lowest BCUT2D eigenvalue weighted by atomic mass is 9.76. The van der Waals surface area contributed by atoms with E-state index in [-0.39, 0.29) is 29.9 Å². The number of nitrogens with zero attached hydrogens (tertiary/aromatic N) is 1. The molecule has 2 saturated heterocycles.